The summed E-state index contributed by atoms with van der Waals surface area (Å²) in [6.07, 6.45) is 0. The number of esters is 1. The molecule has 1 heterocycles. The summed E-state index contributed by atoms with van der Waals surface area (Å²) >= 11 is 0. The number of methoxy groups -OCH3 is 1. The Labute approximate surface area is 160 Å². The van der Waals surface area contributed by atoms with Crippen molar-refractivity contribution >= 4 is 23.5 Å². The first-order valence-corrected chi connectivity index (χ1v) is 8.53. The molecule has 138 valence electrons. The molecule has 0 saturated heterocycles. The van der Waals surface area contributed by atoms with E-state index in [2.05, 4.69) is 0 Å². The van der Waals surface area contributed by atoms with E-state index in [4.69, 9.17) is 9.47 Å². The predicted octanol–water partition coefficient (Wildman–Crippen LogP) is 3.72. The van der Waals surface area contributed by atoms with Gasteiger partial charge >= 0.3 is 5.97 Å². The van der Waals surface area contributed by atoms with Crippen LogP contribution in [0.1, 0.15) is 31.1 Å². The Morgan fingerprint density at radius 2 is 1.36 bits per heavy atom. The summed E-state index contributed by atoms with van der Waals surface area (Å²) in [4.78, 5) is 38.5. The molecule has 0 fully saturated rings. The van der Waals surface area contributed by atoms with E-state index in [1.807, 2.05) is 0 Å². The SMILES string of the molecule is COc1ccccc1C(=O)Oc1ccc(N2C(=O)c3ccccc3C2=O)cc1. The number of carbonyl (C=O) groups is 3. The van der Waals surface area contributed by atoms with E-state index in [0.717, 1.165) is 4.90 Å². The lowest BCUT2D eigenvalue weighted by atomic mass is 10.1. The Morgan fingerprint density at radius 3 is 1.96 bits per heavy atom. The molecule has 6 heteroatoms. The van der Waals surface area contributed by atoms with E-state index in [9.17, 15) is 14.4 Å². The van der Waals surface area contributed by atoms with Crippen molar-refractivity contribution in [2.75, 3.05) is 12.0 Å². The number of carbonyl (C=O) groups excluding carboxylic acids is 3. The normalized spacial score (nSPS) is 12.7. The molecule has 1 aliphatic heterocycles. The molecule has 4 rings (SSSR count). The zero-order valence-corrected chi connectivity index (χ0v) is 14.9. The largest absolute Gasteiger partial charge is 0.496 e. The van der Waals surface area contributed by atoms with Crippen molar-refractivity contribution < 1.29 is 23.9 Å². The standard InChI is InChI=1S/C22H15NO5/c1-27-19-9-5-4-8-18(19)22(26)28-15-12-10-14(11-13-15)23-20(24)16-6-2-3-7-17(16)21(23)25/h2-13H,1H3. The fraction of sp³-hybridized carbons (Fsp3) is 0.0455. The van der Waals surface area contributed by atoms with Crippen LogP contribution in [-0.4, -0.2) is 24.9 Å². The summed E-state index contributed by atoms with van der Waals surface area (Å²) in [6, 6.07) is 19.6. The quantitative estimate of drug-likeness (QED) is 0.396. The summed E-state index contributed by atoms with van der Waals surface area (Å²) in [5, 5.41) is 0. The van der Waals surface area contributed by atoms with Crippen molar-refractivity contribution in [3.05, 3.63) is 89.5 Å². The third-order valence-corrected chi connectivity index (χ3v) is 4.43. The van der Waals surface area contributed by atoms with Crippen molar-refractivity contribution in [2.24, 2.45) is 0 Å². The lowest BCUT2D eigenvalue weighted by Gasteiger charge is -2.14. The maximum absolute atomic E-state index is 12.5. The third-order valence-electron chi connectivity index (χ3n) is 4.43. The topological polar surface area (TPSA) is 72.9 Å². The van der Waals surface area contributed by atoms with Gasteiger partial charge < -0.3 is 9.47 Å². The lowest BCUT2D eigenvalue weighted by molar-refractivity contribution is 0.0730. The number of rotatable bonds is 4. The molecule has 0 bridgehead atoms. The Morgan fingerprint density at radius 1 is 0.786 bits per heavy atom. The second-order valence-corrected chi connectivity index (χ2v) is 6.08. The third kappa shape index (κ3) is 2.91. The first-order valence-electron chi connectivity index (χ1n) is 8.53. The van der Waals surface area contributed by atoms with Crippen LogP contribution in [0.5, 0.6) is 11.5 Å². The van der Waals surface area contributed by atoms with E-state index in [-0.39, 0.29) is 17.6 Å². The second kappa shape index (κ2) is 7.00. The molecule has 28 heavy (non-hydrogen) atoms. The highest BCUT2D eigenvalue weighted by molar-refractivity contribution is 6.34. The zero-order valence-electron chi connectivity index (χ0n) is 14.9. The van der Waals surface area contributed by atoms with E-state index < -0.39 is 5.97 Å². The van der Waals surface area contributed by atoms with Gasteiger partial charge in [0.05, 0.1) is 23.9 Å². The monoisotopic (exact) mass is 373 g/mol. The maximum atomic E-state index is 12.5. The minimum Gasteiger partial charge on any atom is -0.496 e. The smallest absolute Gasteiger partial charge is 0.347 e. The first-order chi connectivity index (χ1) is 13.6. The van der Waals surface area contributed by atoms with E-state index in [1.54, 1.807) is 60.7 Å². The van der Waals surface area contributed by atoms with Crippen molar-refractivity contribution in [1.29, 1.82) is 0 Å². The number of benzene rings is 3. The van der Waals surface area contributed by atoms with Crippen LogP contribution in [0.3, 0.4) is 0 Å². The van der Waals surface area contributed by atoms with Gasteiger partial charge in [-0.15, -0.1) is 0 Å². The summed E-state index contributed by atoms with van der Waals surface area (Å²) in [6.45, 7) is 0. The minimum absolute atomic E-state index is 0.288. The van der Waals surface area contributed by atoms with Crippen molar-refractivity contribution in [3.8, 4) is 11.5 Å². The van der Waals surface area contributed by atoms with E-state index >= 15 is 0 Å². The molecule has 0 aromatic heterocycles. The minimum atomic E-state index is -0.564. The number of fused-ring (bicyclic) bond motifs is 1. The summed E-state index contributed by atoms with van der Waals surface area (Å²) in [5.74, 6) is -0.615. The van der Waals surface area contributed by atoms with Gasteiger partial charge in [0, 0.05) is 0 Å². The predicted molar refractivity (Wildman–Crippen MR) is 102 cm³/mol. The zero-order chi connectivity index (χ0) is 19.7. The average molecular weight is 373 g/mol. The number of hydrogen-bond acceptors (Lipinski definition) is 5. The second-order valence-electron chi connectivity index (χ2n) is 6.08. The number of anilines is 1. The van der Waals surface area contributed by atoms with Gasteiger partial charge in [-0.2, -0.15) is 0 Å². The number of hydrogen-bond donors (Lipinski definition) is 0. The maximum Gasteiger partial charge on any atom is 0.347 e. The molecular formula is C22H15NO5. The Hall–Kier alpha value is -3.93. The number of ether oxygens (including phenoxy) is 2. The van der Waals surface area contributed by atoms with Crippen LogP contribution in [0.25, 0.3) is 0 Å². The van der Waals surface area contributed by atoms with Gasteiger partial charge in [-0.25, -0.2) is 9.69 Å². The number of para-hydroxylation sites is 1. The molecule has 0 atom stereocenters. The van der Waals surface area contributed by atoms with Crippen molar-refractivity contribution in [3.63, 3.8) is 0 Å². The molecular weight excluding hydrogens is 358 g/mol. The van der Waals surface area contributed by atoms with Crippen molar-refractivity contribution in [2.45, 2.75) is 0 Å². The van der Waals surface area contributed by atoms with Crippen LogP contribution in [0, 0.1) is 0 Å². The Balaban J connectivity index is 1.55. The van der Waals surface area contributed by atoms with Crippen LogP contribution in [0.2, 0.25) is 0 Å². The summed E-state index contributed by atoms with van der Waals surface area (Å²) < 4.78 is 10.5. The summed E-state index contributed by atoms with van der Waals surface area (Å²) in [5.41, 5.74) is 1.45. The van der Waals surface area contributed by atoms with Crippen LogP contribution in [-0.2, 0) is 0 Å². The highest BCUT2D eigenvalue weighted by Gasteiger charge is 2.36. The van der Waals surface area contributed by atoms with Gasteiger partial charge in [0.1, 0.15) is 17.1 Å². The van der Waals surface area contributed by atoms with Gasteiger partial charge in [-0.1, -0.05) is 24.3 Å². The van der Waals surface area contributed by atoms with Gasteiger partial charge in [0.25, 0.3) is 11.8 Å². The molecule has 2 amide bonds. The summed E-state index contributed by atoms with van der Waals surface area (Å²) in [7, 11) is 1.48. The molecule has 0 spiro atoms. The van der Waals surface area contributed by atoms with Crippen LogP contribution in [0.15, 0.2) is 72.8 Å². The molecule has 0 aliphatic carbocycles. The molecule has 6 nitrogen and oxygen atoms in total. The number of imide groups is 1. The highest BCUT2D eigenvalue weighted by Crippen LogP contribution is 2.29. The molecule has 0 radical (unpaired) electrons. The molecule has 0 N–H and O–H groups in total. The van der Waals surface area contributed by atoms with E-state index in [0.29, 0.717) is 28.1 Å². The molecule has 0 unspecified atom stereocenters. The van der Waals surface area contributed by atoms with Gasteiger partial charge in [0.2, 0.25) is 0 Å². The van der Waals surface area contributed by atoms with Crippen LogP contribution in [0.4, 0.5) is 5.69 Å². The van der Waals surface area contributed by atoms with Gasteiger partial charge in [-0.3, -0.25) is 9.59 Å². The van der Waals surface area contributed by atoms with Crippen LogP contribution >= 0.6 is 0 Å². The fourth-order valence-electron chi connectivity index (χ4n) is 3.06. The van der Waals surface area contributed by atoms with Crippen LogP contribution < -0.4 is 14.4 Å². The molecule has 3 aromatic rings. The Kier molecular flexibility index (Phi) is 4.37. The van der Waals surface area contributed by atoms with Crippen molar-refractivity contribution in [1.82, 2.24) is 0 Å². The number of amides is 2. The highest BCUT2D eigenvalue weighted by atomic mass is 16.5. The Bertz CT molecular complexity index is 1050. The fourth-order valence-corrected chi connectivity index (χ4v) is 3.06. The molecule has 1 aliphatic rings. The lowest BCUT2D eigenvalue weighted by Crippen LogP contribution is -2.29. The van der Waals surface area contributed by atoms with Gasteiger partial charge in [0.15, 0.2) is 0 Å². The van der Waals surface area contributed by atoms with E-state index in [1.165, 1.54) is 19.2 Å². The average Bonchev–Trinajstić information content (AvgIpc) is 2.99. The first kappa shape index (κ1) is 17.5. The molecule has 3 aromatic carbocycles. The number of nitrogens with zero attached hydrogens (tertiary/aromatic N) is 1. The molecule has 0 saturated carbocycles. The van der Waals surface area contributed by atoms with Gasteiger partial charge in [-0.05, 0) is 48.5 Å².